The van der Waals surface area contributed by atoms with E-state index in [1.165, 1.54) is 28.8 Å². The number of nitrogens with one attached hydrogen (secondary N) is 2. The largest absolute Gasteiger partial charge is 0.354 e. The summed E-state index contributed by atoms with van der Waals surface area (Å²) in [7, 11) is 0. The van der Waals surface area contributed by atoms with Crippen LogP contribution in [0.15, 0.2) is 0 Å². The van der Waals surface area contributed by atoms with Gasteiger partial charge < -0.3 is 10.6 Å². The van der Waals surface area contributed by atoms with Crippen LogP contribution in [0.25, 0.3) is 0 Å². The number of rotatable bonds is 4. The third kappa shape index (κ3) is 3.30. The van der Waals surface area contributed by atoms with Crippen LogP contribution in [0.4, 0.5) is 0 Å². The molecule has 0 radical (unpaired) electrons. The van der Waals surface area contributed by atoms with Gasteiger partial charge in [0.05, 0.1) is 15.4 Å². The smallest absolute Gasteiger partial charge is 0.243 e. The molecule has 1 aromatic rings. The molecule has 120 valence electrons. The highest BCUT2D eigenvalue weighted by atomic mass is 32.2. The number of hydrogen-bond donors (Lipinski definition) is 2. The second-order valence-corrected chi connectivity index (χ2v) is 9.03. The molecule has 0 saturated carbocycles. The van der Waals surface area contributed by atoms with Gasteiger partial charge >= 0.3 is 0 Å². The maximum Gasteiger partial charge on any atom is 0.243 e. The van der Waals surface area contributed by atoms with E-state index < -0.39 is 10.8 Å². The predicted molar refractivity (Wildman–Crippen MR) is 89.3 cm³/mol. The second kappa shape index (κ2) is 6.20. The molecule has 0 spiro atoms. The van der Waals surface area contributed by atoms with Crippen LogP contribution in [0.5, 0.6) is 0 Å². The van der Waals surface area contributed by atoms with E-state index >= 15 is 0 Å². The summed E-state index contributed by atoms with van der Waals surface area (Å²) in [5, 5.41) is 6.82. The Morgan fingerprint density at radius 1 is 1.45 bits per heavy atom. The number of aryl methyl sites for hydroxylation is 2. The van der Waals surface area contributed by atoms with Gasteiger partial charge in [-0.3, -0.25) is 9.59 Å². The van der Waals surface area contributed by atoms with Crippen LogP contribution in [0.2, 0.25) is 0 Å². The minimum Gasteiger partial charge on any atom is -0.354 e. The van der Waals surface area contributed by atoms with Gasteiger partial charge in [0, 0.05) is 23.6 Å². The first-order valence-electron chi connectivity index (χ1n) is 7.66. The van der Waals surface area contributed by atoms with E-state index in [2.05, 4.69) is 15.6 Å². The zero-order valence-corrected chi connectivity index (χ0v) is 14.5. The van der Waals surface area contributed by atoms with Crippen molar-refractivity contribution < 1.29 is 9.59 Å². The van der Waals surface area contributed by atoms with Crippen LogP contribution >= 0.6 is 23.1 Å². The molecular formula is C15H21N3O2S2. The molecule has 1 aliphatic heterocycles. The molecule has 0 aromatic carbocycles. The predicted octanol–water partition coefficient (Wildman–Crippen LogP) is 1.30. The van der Waals surface area contributed by atoms with E-state index in [4.69, 9.17) is 0 Å². The number of amides is 2. The van der Waals surface area contributed by atoms with Crippen molar-refractivity contribution in [2.45, 2.75) is 50.3 Å². The molecule has 1 fully saturated rings. The molecule has 7 heteroatoms. The van der Waals surface area contributed by atoms with Crippen molar-refractivity contribution in [3.05, 3.63) is 15.6 Å². The molecule has 1 aromatic heterocycles. The zero-order valence-electron chi connectivity index (χ0n) is 12.9. The summed E-state index contributed by atoms with van der Waals surface area (Å²) in [6, 6.07) is -0.424. The fraction of sp³-hybridized carbons (Fsp3) is 0.667. The normalized spacial score (nSPS) is 23.0. The van der Waals surface area contributed by atoms with Crippen LogP contribution in [0, 0.1) is 0 Å². The van der Waals surface area contributed by atoms with Gasteiger partial charge in [-0.05, 0) is 33.1 Å². The summed E-state index contributed by atoms with van der Waals surface area (Å²) < 4.78 is -0.446. The molecule has 2 aliphatic rings. The first kappa shape index (κ1) is 15.8. The number of thiazole rings is 1. The van der Waals surface area contributed by atoms with Gasteiger partial charge in [0.15, 0.2) is 0 Å². The Balaban J connectivity index is 1.45. The highest BCUT2D eigenvalue weighted by molar-refractivity contribution is 8.01. The van der Waals surface area contributed by atoms with Crippen molar-refractivity contribution in [1.82, 2.24) is 15.6 Å². The van der Waals surface area contributed by atoms with Crippen molar-refractivity contribution in [2.24, 2.45) is 0 Å². The first-order valence-corrected chi connectivity index (χ1v) is 9.46. The maximum absolute atomic E-state index is 12.1. The number of carbonyl (C=O) groups excluding carboxylic acids is 2. The van der Waals surface area contributed by atoms with Crippen LogP contribution in [0.3, 0.4) is 0 Å². The van der Waals surface area contributed by atoms with Gasteiger partial charge in [0.1, 0.15) is 6.04 Å². The maximum atomic E-state index is 12.1. The van der Waals surface area contributed by atoms with Gasteiger partial charge in [-0.25, -0.2) is 4.98 Å². The van der Waals surface area contributed by atoms with E-state index in [-0.39, 0.29) is 11.8 Å². The van der Waals surface area contributed by atoms with Gasteiger partial charge in [-0.2, -0.15) is 0 Å². The number of thioether (sulfide) groups is 1. The lowest BCUT2D eigenvalue weighted by Crippen LogP contribution is -2.57. The fourth-order valence-corrected chi connectivity index (χ4v) is 4.80. The first-order chi connectivity index (χ1) is 10.5. The summed E-state index contributed by atoms with van der Waals surface area (Å²) in [5.74, 6) is 0.455. The van der Waals surface area contributed by atoms with Crippen molar-refractivity contribution in [3.8, 4) is 0 Å². The molecular weight excluding hydrogens is 318 g/mol. The zero-order chi connectivity index (χ0) is 15.7. The monoisotopic (exact) mass is 339 g/mol. The Labute approximate surface area is 138 Å². The Morgan fingerprint density at radius 2 is 2.27 bits per heavy atom. The minimum atomic E-state index is -0.446. The number of carbonyl (C=O) groups is 2. The summed E-state index contributed by atoms with van der Waals surface area (Å²) in [5.41, 5.74) is 1.25. The van der Waals surface area contributed by atoms with Crippen LogP contribution in [-0.2, 0) is 28.9 Å². The van der Waals surface area contributed by atoms with E-state index in [0.29, 0.717) is 12.3 Å². The van der Waals surface area contributed by atoms with Crippen molar-refractivity contribution in [2.75, 3.05) is 12.3 Å². The van der Waals surface area contributed by atoms with E-state index in [1.54, 1.807) is 11.3 Å². The quantitative estimate of drug-likeness (QED) is 0.867. The molecule has 1 saturated heterocycles. The molecule has 0 bridgehead atoms. The lowest BCUT2D eigenvalue weighted by Gasteiger charge is -2.32. The molecule has 2 heterocycles. The lowest BCUT2D eigenvalue weighted by molar-refractivity contribution is -0.129. The highest BCUT2D eigenvalue weighted by Crippen LogP contribution is 2.29. The van der Waals surface area contributed by atoms with Gasteiger partial charge in [0.2, 0.25) is 11.8 Å². The summed E-state index contributed by atoms with van der Waals surface area (Å²) in [4.78, 5) is 30.1. The number of aromatic nitrogens is 1. The van der Waals surface area contributed by atoms with E-state index in [9.17, 15) is 9.59 Å². The Hall–Kier alpha value is -1.08. The molecule has 3 rings (SSSR count). The number of fused-ring (bicyclic) bond motifs is 1. The molecule has 2 amide bonds. The van der Waals surface area contributed by atoms with Gasteiger partial charge in [-0.1, -0.05) is 0 Å². The highest BCUT2D eigenvalue weighted by Gasteiger charge is 2.37. The number of nitrogens with zero attached hydrogens (tertiary/aromatic N) is 1. The third-order valence-electron chi connectivity index (χ3n) is 4.06. The average Bonchev–Trinajstić information content (AvgIpc) is 3.02. The molecule has 2 N–H and O–H groups in total. The molecule has 22 heavy (non-hydrogen) atoms. The van der Waals surface area contributed by atoms with Gasteiger partial charge in [0.25, 0.3) is 0 Å². The van der Waals surface area contributed by atoms with Gasteiger partial charge in [-0.15, -0.1) is 23.1 Å². The fourth-order valence-electron chi connectivity index (χ4n) is 2.64. The molecule has 1 unspecified atom stereocenters. The van der Waals surface area contributed by atoms with Crippen molar-refractivity contribution in [1.29, 1.82) is 0 Å². The SMILES string of the molecule is CC1(C)SCC(C(=O)NCCc2nc3c(s2)CCC3)NC1=O. The van der Waals surface area contributed by atoms with Crippen molar-refractivity contribution in [3.63, 3.8) is 0 Å². The Bertz CT molecular complexity index is 576. The lowest BCUT2D eigenvalue weighted by atomic mass is 10.1. The van der Waals surface area contributed by atoms with E-state index in [0.717, 1.165) is 24.3 Å². The summed E-state index contributed by atoms with van der Waals surface area (Å²) >= 11 is 3.30. The number of hydrogen-bond acceptors (Lipinski definition) is 5. The summed E-state index contributed by atoms with van der Waals surface area (Å²) in [6.07, 6.45) is 4.24. The van der Waals surface area contributed by atoms with Crippen LogP contribution in [-0.4, -0.2) is 39.9 Å². The molecule has 1 aliphatic carbocycles. The van der Waals surface area contributed by atoms with Crippen LogP contribution < -0.4 is 10.6 Å². The van der Waals surface area contributed by atoms with E-state index in [1.807, 2.05) is 13.8 Å². The standard InChI is InChI=1S/C15H21N3O2S2/c1-15(2)14(20)18-10(8-21-15)13(19)16-7-6-12-17-9-4-3-5-11(9)22-12/h10H,3-8H2,1-2H3,(H,16,19)(H,18,20). The third-order valence-corrected chi connectivity index (χ3v) is 6.68. The molecule has 5 nitrogen and oxygen atoms in total. The second-order valence-electron chi connectivity index (χ2n) is 6.22. The average molecular weight is 339 g/mol. The Morgan fingerprint density at radius 3 is 3.00 bits per heavy atom. The topological polar surface area (TPSA) is 71.1 Å². The Kier molecular flexibility index (Phi) is 4.45. The minimum absolute atomic E-state index is 0.0692. The molecule has 1 atom stereocenters. The van der Waals surface area contributed by atoms with Crippen molar-refractivity contribution >= 4 is 34.9 Å². The van der Waals surface area contributed by atoms with Crippen LogP contribution in [0.1, 0.15) is 35.8 Å². The summed E-state index contributed by atoms with van der Waals surface area (Å²) in [6.45, 7) is 4.33.